The Kier molecular flexibility index (Phi) is 10.0. The van der Waals surface area contributed by atoms with Gasteiger partial charge in [-0.3, -0.25) is 0 Å². The monoisotopic (exact) mass is 564 g/mol. The molecule has 0 spiro atoms. The molecule has 0 aliphatic heterocycles. The van der Waals surface area contributed by atoms with Crippen LogP contribution in [0.25, 0.3) is 0 Å². The molecule has 0 fully saturated rings. The van der Waals surface area contributed by atoms with E-state index in [0.29, 0.717) is 30.2 Å². The minimum atomic E-state index is -3.80. The lowest BCUT2D eigenvalue weighted by molar-refractivity contribution is 0.319. The zero-order chi connectivity index (χ0) is 27.1. The summed E-state index contributed by atoms with van der Waals surface area (Å²) in [6, 6.07) is 19.6. The van der Waals surface area contributed by atoms with Crippen LogP contribution < -0.4 is 18.9 Å². The summed E-state index contributed by atoms with van der Waals surface area (Å²) in [6.07, 6.45) is 1.15. The van der Waals surface area contributed by atoms with Gasteiger partial charge < -0.3 is 14.2 Å². The van der Waals surface area contributed by atoms with E-state index in [0.717, 1.165) is 16.9 Å². The average molecular weight is 565 g/mol. The molecule has 0 radical (unpaired) electrons. The molecule has 0 aliphatic rings. The summed E-state index contributed by atoms with van der Waals surface area (Å²) in [5.74, 6) is 1.68. The third kappa shape index (κ3) is 9.03. The molecule has 0 aromatic heterocycles. The van der Waals surface area contributed by atoms with Gasteiger partial charge in [-0.1, -0.05) is 41.9 Å². The normalized spacial score (nSPS) is 12.7. The topological polar surface area (TPSA) is 93.7 Å². The Morgan fingerprint density at radius 2 is 1.68 bits per heavy atom. The van der Waals surface area contributed by atoms with Crippen molar-refractivity contribution in [3.63, 3.8) is 0 Å². The smallest absolute Gasteiger partial charge is 0.243 e. The van der Waals surface area contributed by atoms with E-state index in [9.17, 15) is 12.6 Å². The van der Waals surface area contributed by atoms with Crippen LogP contribution in [-0.2, 0) is 33.9 Å². The highest BCUT2D eigenvalue weighted by molar-refractivity contribution is 7.90. The van der Waals surface area contributed by atoms with Gasteiger partial charge in [0.25, 0.3) is 0 Å². The van der Waals surface area contributed by atoms with Crippen LogP contribution in [0.15, 0.2) is 71.6 Å². The van der Waals surface area contributed by atoms with Gasteiger partial charge >= 0.3 is 0 Å². The second-order valence-electron chi connectivity index (χ2n) is 9.45. The standard InChI is InChI=1S/C27H33ClN2O5S2/c1-27(2,3)30-37(32,33)26-8-6-5-7-24(26)29-36(31)18-16-21-11-12-22(28)19-25(21)35-17-15-20-9-13-23(34-4)14-10-20/h5-14,19,29-30H,15-18H2,1-4H3. The second kappa shape index (κ2) is 12.8. The maximum Gasteiger partial charge on any atom is 0.243 e. The van der Waals surface area contributed by atoms with Crippen molar-refractivity contribution in [2.75, 3.05) is 24.2 Å². The minimum absolute atomic E-state index is 0.0484. The van der Waals surface area contributed by atoms with Crippen molar-refractivity contribution >= 4 is 38.3 Å². The van der Waals surface area contributed by atoms with Gasteiger partial charge in [0.2, 0.25) is 10.0 Å². The van der Waals surface area contributed by atoms with Gasteiger partial charge in [0.15, 0.2) is 0 Å². The first-order valence-corrected chi connectivity index (χ1v) is 15.0. The number of halogens is 1. The Labute approximate surface area is 227 Å². The van der Waals surface area contributed by atoms with Gasteiger partial charge in [0.1, 0.15) is 27.4 Å². The van der Waals surface area contributed by atoms with E-state index in [4.69, 9.17) is 21.1 Å². The molecule has 0 amide bonds. The lowest BCUT2D eigenvalue weighted by Gasteiger charge is -2.21. The first-order chi connectivity index (χ1) is 17.5. The summed E-state index contributed by atoms with van der Waals surface area (Å²) in [5.41, 5.74) is 1.61. The molecular weight excluding hydrogens is 532 g/mol. The Morgan fingerprint density at radius 3 is 2.35 bits per heavy atom. The number of hydrogen-bond donors (Lipinski definition) is 2. The van der Waals surface area contributed by atoms with Crippen molar-refractivity contribution in [3.05, 3.63) is 82.9 Å². The van der Waals surface area contributed by atoms with Crippen molar-refractivity contribution in [3.8, 4) is 11.5 Å². The van der Waals surface area contributed by atoms with Crippen molar-refractivity contribution in [2.24, 2.45) is 0 Å². The molecule has 37 heavy (non-hydrogen) atoms. The van der Waals surface area contributed by atoms with Crippen molar-refractivity contribution in [2.45, 2.75) is 44.0 Å². The molecule has 7 nitrogen and oxygen atoms in total. The van der Waals surface area contributed by atoms with Crippen LogP contribution in [0, 0.1) is 0 Å². The highest BCUT2D eigenvalue weighted by atomic mass is 35.5. The largest absolute Gasteiger partial charge is 0.497 e. The SMILES string of the molecule is COc1ccc(CCOc2cc(Cl)ccc2CCS(=O)Nc2ccccc2S(=O)(=O)NC(C)(C)C)cc1. The molecule has 1 atom stereocenters. The lowest BCUT2D eigenvalue weighted by Crippen LogP contribution is -2.40. The maximum atomic E-state index is 12.9. The Bertz CT molecular complexity index is 1320. The van der Waals surface area contributed by atoms with Crippen molar-refractivity contribution < 1.29 is 22.1 Å². The molecule has 10 heteroatoms. The molecule has 1 unspecified atom stereocenters. The lowest BCUT2D eigenvalue weighted by atomic mass is 10.1. The first kappa shape index (κ1) is 29.0. The fourth-order valence-corrected chi connectivity index (χ4v) is 6.30. The Morgan fingerprint density at radius 1 is 0.973 bits per heavy atom. The highest BCUT2D eigenvalue weighted by Gasteiger charge is 2.25. The molecule has 200 valence electrons. The van der Waals surface area contributed by atoms with Gasteiger partial charge in [-0.15, -0.1) is 0 Å². The molecule has 3 aromatic rings. The Hall–Kier alpha value is -2.59. The van der Waals surface area contributed by atoms with Crippen molar-refractivity contribution in [1.82, 2.24) is 4.72 Å². The molecule has 0 saturated carbocycles. The second-order valence-corrected chi connectivity index (χ2v) is 12.8. The van der Waals surface area contributed by atoms with Gasteiger partial charge in [-0.05, 0) is 74.7 Å². The summed E-state index contributed by atoms with van der Waals surface area (Å²) >= 11 is 6.19. The van der Waals surface area contributed by atoms with E-state index >= 15 is 0 Å². The fraction of sp³-hybridized carbons (Fsp3) is 0.333. The van der Waals surface area contributed by atoms with Gasteiger partial charge in [0.05, 0.1) is 19.4 Å². The number of anilines is 1. The van der Waals surface area contributed by atoms with Crippen LogP contribution in [0.3, 0.4) is 0 Å². The third-order valence-electron chi connectivity index (χ3n) is 5.23. The van der Waals surface area contributed by atoms with Crippen LogP contribution in [0.1, 0.15) is 31.9 Å². The van der Waals surface area contributed by atoms with Gasteiger partial charge in [-0.25, -0.2) is 17.3 Å². The molecule has 0 bridgehead atoms. The number of sulfonamides is 1. The number of nitrogens with one attached hydrogen (secondary N) is 2. The molecule has 3 rings (SSSR count). The maximum absolute atomic E-state index is 12.9. The quantitative estimate of drug-likeness (QED) is 0.309. The van der Waals surface area contributed by atoms with Crippen LogP contribution in [-0.4, -0.2) is 37.6 Å². The van der Waals surface area contributed by atoms with E-state index in [2.05, 4.69) is 9.44 Å². The number of benzene rings is 3. The highest BCUT2D eigenvalue weighted by Crippen LogP contribution is 2.26. The number of para-hydroxylation sites is 1. The van der Waals surface area contributed by atoms with E-state index < -0.39 is 26.5 Å². The molecule has 3 aromatic carbocycles. The molecule has 0 heterocycles. The van der Waals surface area contributed by atoms with E-state index in [1.54, 1.807) is 58.2 Å². The van der Waals surface area contributed by atoms with Crippen LogP contribution in [0.4, 0.5) is 5.69 Å². The summed E-state index contributed by atoms with van der Waals surface area (Å²) in [4.78, 5) is 0.0484. The van der Waals surface area contributed by atoms with Crippen LogP contribution in [0.2, 0.25) is 5.02 Å². The summed E-state index contributed by atoms with van der Waals surface area (Å²) in [6.45, 7) is 5.75. The van der Waals surface area contributed by atoms with Gasteiger partial charge in [-0.2, -0.15) is 0 Å². The molecule has 2 N–H and O–H groups in total. The Balaban J connectivity index is 1.63. The first-order valence-electron chi connectivity index (χ1n) is 11.8. The zero-order valence-electron chi connectivity index (χ0n) is 21.4. The zero-order valence-corrected chi connectivity index (χ0v) is 23.8. The van der Waals surface area contributed by atoms with Crippen molar-refractivity contribution in [1.29, 1.82) is 0 Å². The van der Waals surface area contributed by atoms with Gasteiger partial charge in [0, 0.05) is 22.7 Å². The summed E-state index contributed by atoms with van der Waals surface area (Å²) < 4.78 is 55.3. The predicted molar refractivity (Wildman–Crippen MR) is 150 cm³/mol. The summed E-state index contributed by atoms with van der Waals surface area (Å²) in [7, 11) is -3.70. The number of hydrogen-bond acceptors (Lipinski definition) is 5. The molecule has 0 saturated heterocycles. The predicted octanol–water partition coefficient (Wildman–Crippen LogP) is 5.37. The number of aryl methyl sites for hydroxylation is 1. The number of rotatable bonds is 12. The molecule has 0 aliphatic carbocycles. The van der Waals surface area contributed by atoms with E-state index in [1.165, 1.54) is 6.07 Å². The molecular formula is C27H33ClN2O5S2. The van der Waals surface area contributed by atoms with Crippen LogP contribution in [0.5, 0.6) is 11.5 Å². The number of methoxy groups -OCH3 is 1. The summed E-state index contributed by atoms with van der Waals surface area (Å²) in [5, 5.41) is 0.549. The van der Waals surface area contributed by atoms with Crippen LogP contribution >= 0.6 is 11.6 Å². The fourth-order valence-electron chi connectivity index (χ4n) is 3.56. The van der Waals surface area contributed by atoms with E-state index in [1.807, 2.05) is 30.3 Å². The average Bonchev–Trinajstić information content (AvgIpc) is 2.83. The van der Waals surface area contributed by atoms with E-state index in [-0.39, 0.29) is 16.3 Å². The minimum Gasteiger partial charge on any atom is -0.497 e. The third-order valence-corrected chi connectivity index (χ3v) is 8.31. The number of ether oxygens (including phenoxy) is 2.